The molecule has 0 aromatic heterocycles. The Bertz CT molecular complexity index is 678. The molecule has 1 aromatic carbocycles. The Kier molecular flexibility index (Phi) is 19.3. The van der Waals surface area contributed by atoms with Gasteiger partial charge in [0.1, 0.15) is 4.99 Å². The number of hydrogen-bond acceptors (Lipinski definition) is 3. The van der Waals surface area contributed by atoms with Gasteiger partial charge in [0.05, 0.1) is 0 Å². The summed E-state index contributed by atoms with van der Waals surface area (Å²) in [5.41, 5.74) is 2.90. The van der Waals surface area contributed by atoms with Crippen LogP contribution in [0, 0.1) is 6.92 Å². The lowest BCUT2D eigenvalue weighted by Gasteiger charge is -2.12. The minimum atomic E-state index is 0.108. The van der Waals surface area contributed by atoms with Crippen molar-refractivity contribution < 1.29 is 4.79 Å². The molecule has 0 atom stereocenters. The van der Waals surface area contributed by atoms with Crippen molar-refractivity contribution in [2.45, 2.75) is 117 Å². The number of carbonyl (C=O) groups excluding carboxylic acids is 1. The summed E-state index contributed by atoms with van der Waals surface area (Å²) in [5.74, 6) is 1.13. The van der Waals surface area contributed by atoms with E-state index >= 15 is 0 Å². The number of rotatable bonds is 21. The summed E-state index contributed by atoms with van der Waals surface area (Å²) >= 11 is 7.28. The third-order valence-corrected chi connectivity index (χ3v) is 7.37. The van der Waals surface area contributed by atoms with Gasteiger partial charge >= 0.3 is 0 Å². The molecule has 0 saturated carbocycles. The second-order valence-corrected chi connectivity index (χ2v) is 10.9. The molecule has 0 aliphatic heterocycles. The fraction of sp³-hybridized carbons (Fsp3) is 0.724. The van der Waals surface area contributed by atoms with E-state index < -0.39 is 0 Å². The fourth-order valence-electron chi connectivity index (χ4n) is 4.14. The number of unbranched alkanes of at least 4 members (excludes halogenated alkanes) is 14. The smallest absolute Gasteiger partial charge is 0.224 e. The monoisotopic (exact) mass is 506 g/mol. The number of aryl methyl sites for hydroxylation is 1. The topological polar surface area (TPSA) is 41.1 Å². The van der Waals surface area contributed by atoms with Crippen molar-refractivity contribution in [3.05, 3.63) is 29.3 Å². The maximum Gasteiger partial charge on any atom is 0.224 e. The van der Waals surface area contributed by atoms with Gasteiger partial charge in [0.15, 0.2) is 0 Å². The lowest BCUT2D eigenvalue weighted by atomic mass is 10.0. The third kappa shape index (κ3) is 15.8. The molecule has 0 spiro atoms. The number of anilines is 1. The van der Waals surface area contributed by atoms with Crippen LogP contribution in [0.5, 0.6) is 0 Å². The highest BCUT2D eigenvalue weighted by Gasteiger charge is 2.08. The number of benzene rings is 1. The van der Waals surface area contributed by atoms with Crippen molar-refractivity contribution in [1.29, 1.82) is 0 Å². The van der Waals surface area contributed by atoms with E-state index in [0.717, 1.165) is 46.9 Å². The van der Waals surface area contributed by atoms with Crippen LogP contribution in [0.2, 0.25) is 0 Å². The van der Waals surface area contributed by atoms with Crippen LogP contribution in [0.15, 0.2) is 18.2 Å². The van der Waals surface area contributed by atoms with Crippen LogP contribution >= 0.6 is 24.0 Å². The highest BCUT2D eigenvalue weighted by Crippen LogP contribution is 2.19. The van der Waals surface area contributed by atoms with E-state index in [0.29, 0.717) is 6.42 Å². The van der Waals surface area contributed by atoms with Crippen molar-refractivity contribution in [3.8, 4) is 0 Å². The number of thiocarbonyl (C=S) groups is 1. The molecule has 0 aliphatic rings. The summed E-state index contributed by atoms with van der Waals surface area (Å²) in [6, 6.07) is 6.04. The summed E-state index contributed by atoms with van der Waals surface area (Å²) in [7, 11) is 0. The van der Waals surface area contributed by atoms with E-state index in [4.69, 9.17) is 12.2 Å². The minimum Gasteiger partial charge on any atom is -0.375 e. The van der Waals surface area contributed by atoms with Gasteiger partial charge in [-0.3, -0.25) is 4.79 Å². The summed E-state index contributed by atoms with van der Waals surface area (Å²) < 4.78 is 0. The van der Waals surface area contributed by atoms with E-state index in [9.17, 15) is 4.79 Å². The molecule has 0 unspecified atom stereocenters. The van der Waals surface area contributed by atoms with Crippen molar-refractivity contribution >= 4 is 40.6 Å². The first kappa shape index (κ1) is 31.0. The van der Waals surface area contributed by atoms with E-state index in [1.165, 1.54) is 83.5 Å². The first-order chi connectivity index (χ1) is 16.6. The largest absolute Gasteiger partial charge is 0.375 e. The first-order valence-corrected chi connectivity index (χ1v) is 15.6. The van der Waals surface area contributed by atoms with Gasteiger partial charge in [0.2, 0.25) is 5.91 Å². The van der Waals surface area contributed by atoms with Gasteiger partial charge in [-0.25, -0.2) is 0 Å². The molecule has 3 nitrogen and oxygen atoms in total. The molecule has 0 bridgehead atoms. The van der Waals surface area contributed by atoms with Gasteiger partial charge in [-0.2, -0.15) is 11.8 Å². The zero-order valence-corrected chi connectivity index (χ0v) is 23.8. The number of carbonyl (C=O) groups is 1. The van der Waals surface area contributed by atoms with E-state index in [1.54, 1.807) is 11.8 Å². The van der Waals surface area contributed by atoms with Gasteiger partial charge in [0, 0.05) is 30.0 Å². The van der Waals surface area contributed by atoms with Crippen molar-refractivity contribution in [2.75, 3.05) is 23.9 Å². The van der Waals surface area contributed by atoms with Crippen LogP contribution in [-0.2, 0) is 4.79 Å². The Morgan fingerprint density at radius 1 is 0.853 bits per heavy atom. The number of thioether (sulfide) groups is 1. The molecule has 1 rings (SSSR count). The van der Waals surface area contributed by atoms with Crippen molar-refractivity contribution in [3.63, 3.8) is 0 Å². The highest BCUT2D eigenvalue weighted by molar-refractivity contribution is 7.98. The molecular weight excluding hydrogens is 456 g/mol. The summed E-state index contributed by atoms with van der Waals surface area (Å²) in [6.07, 6.45) is 22.8. The number of hydrogen-bond donors (Lipinski definition) is 2. The van der Waals surface area contributed by atoms with Gasteiger partial charge in [-0.05, 0) is 31.2 Å². The van der Waals surface area contributed by atoms with Gasteiger partial charge < -0.3 is 10.6 Å². The Hall–Kier alpha value is -1.07. The SMILES string of the molecule is CCCCCCCCCCCCCCCCCC(=O)Nc1cc(C(=S)NCCSC)ccc1C. The predicted octanol–water partition coefficient (Wildman–Crippen LogP) is 8.82. The molecule has 5 heteroatoms. The normalized spacial score (nSPS) is 10.9. The van der Waals surface area contributed by atoms with Crippen LogP contribution in [0.1, 0.15) is 121 Å². The van der Waals surface area contributed by atoms with Crippen LogP contribution < -0.4 is 10.6 Å². The predicted molar refractivity (Wildman–Crippen MR) is 157 cm³/mol. The van der Waals surface area contributed by atoms with Crippen LogP contribution in [0.3, 0.4) is 0 Å². The highest BCUT2D eigenvalue weighted by atomic mass is 32.2. The Morgan fingerprint density at radius 3 is 1.91 bits per heavy atom. The second kappa shape index (κ2) is 21.2. The molecule has 0 radical (unpaired) electrons. The molecule has 0 aliphatic carbocycles. The lowest BCUT2D eigenvalue weighted by molar-refractivity contribution is -0.116. The fourth-order valence-corrected chi connectivity index (χ4v) is 4.67. The Balaban J connectivity index is 2.07. The quantitative estimate of drug-likeness (QED) is 0.129. The summed E-state index contributed by atoms with van der Waals surface area (Å²) in [5, 5.41) is 6.37. The lowest BCUT2D eigenvalue weighted by Crippen LogP contribution is -2.25. The molecular formula is C29H50N2OS2. The molecule has 194 valence electrons. The molecule has 1 amide bonds. The zero-order valence-electron chi connectivity index (χ0n) is 22.2. The van der Waals surface area contributed by atoms with Crippen molar-refractivity contribution in [2.24, 2.45) is 0 Å². The zero-order chi connectivity index (χ0) is 24.9. The average molecular weight is 507 g/mol. The van der Waals surface area contributed by atoms with Crippen LogP contribution in [0.25, 0.3) is 0 Å². The first-order valence-electron chi connectivity index (χ1n) is 13.8. The maximum absolute atomic E-state index is 12.4. The molecule has 0 heterocycles. The molecule has 34 heavy (non-hydrogen) atoms. The van der Waals surface area contributed by atoms with Gasteiger partial charge in [-0.15, -0.1) is 0 Å². The third-order valence-electron chi connectivity index (χ3n) is 6.37. The van der Waals surface area contributed by atoms with E-state index in [2.05, 4.69) is 23.8 Å². The second-order valence-electron chi connectivity index (χ2n) is 9.53. The summed E-state index contributed by atoms with van der Waals surface area (Å²) in [6.45, 7) is 5.16. The molecule has 2 N–H and O–H groups in total. The Labute approximate surface area is 220 Å². The van der Waals surface area contributed by atoms with Crippen LogP contribution in [0.4, 0.5) is 5.69 Å². The minimum absolute atomic E-state index is 0.108. The van der Waals surface area contributed by atoms with Gasteiger partial charge in [0.25, 0.3) is 0 Å². The van der Waals surface area contributed by atoms with Crippen molar-refractivity contribution in [1.82, 2.24) is 5.32 Å². The summed E-state index contributed by atoms with van der Waals surface area (Å²) in [4.78, 5) is 13.2. The van der Waals surface area contributed by atoms with Gasteiger partial charge in [-0.1, -0.05) is 121 Å². The average Bonchev–Trinajstić information content (AvgIpc) is 2.83. The van der Waals surface area contributed by atoms with E-state index in [1.807, 2.05) is 25.1 Å². The molecule has 1 aromatic rings. The molecule has 0 fully saturated rings. The molecule has 0 saturated heterocycles. The number of nitrogens with one attached hydrogen (secondary N) is 2. The van der Waals surface area contributed by atoms with Crippen LogP contribution in [-0.4, -0.2) is 29.4 Å². The maximum atomic E-state index is 12.4. The van der Waals surface area contributed by atoms with E-state index in [-0.39, 0.29) is 5.91 Å². The Morgan fingerprint density at radius 2 is 1.38 bits per heavy atom. The standard InChI is InChI=1S/C29H50N2OS2/c1-4-5-6-7-8-9-10-11-12-13-14-15-16-17-18-19-28(32)31-27-24-26(21-20-25(27)2)29(33)30-22-23-34-3/h20-21,24H,4-19,22-23H2,1-3H3,(H,30,33)(H,31,32). The number of amides is 1.